The maximum Gasteiger partial charge on any atom is 0.274 e. The Kier molecular flexibility index (Phi) is 3.44. The van der Waals surface area contributed by atoms with Crippen LogP contribution in [0.1, 0.15) is 33.3 Å². The largest absolute Gasteiger partial charge is 0.505 e. The molecule has 0 spiro atoms. The molecular weight excluding hydrogens is 287 g/mol. The highest BCUT2D eigenvalue weighted by molar-refractivity contribution is 6.03. The fourth-order valence-electron chi connectivity index (χ4n) is 2.64. The van der Waals surface area contributed by atoms with Gasteiger partial charge in [-0.1, -0.05) is 12.1 Å². The van der Waals surface area contributed by atoms with Crippen molar-refractivity contribution in [2.45, 2.75) is 20.0 Å². The van der Waals surface area contributed by atoms with Gasteiger partial charge in [0.15, 0.2) is 11.5 Å². The number of carbonyl (C=O) groups excluding carboxylic acids is 2. The molecule has 5 nitrogen and oxygen atoms in total. The second-order valence-electron chi connectivity index (χ2n) is 5.34. The molecule has 0 saturated heterocycles. The number of hydrogen-bond acceptors (Lipinski definition) is 3. The zero-order chi connectivity index (χ0) is 15.9. The summed E-state index contributed by atoms with van der Waals surface area (Å²) in [6, 6.07) is 5.93. The average molecular weight is 302 g/mol. The average Bonchev–Trinajstić information content (AvgIpc) is 2.82. The van der Waals surface area contributed by atoms with Gasteiger partial charge in [0.05, 0.1) is 5.56 Å². The summed E-state index contributed by atoms with van der Waals surface area (Å²) in [6.45, 7) is 2.65. The monoisotopic (exact) mass is 302 g/mol. The molecule has 2 heterocycles. The quantitative estimate of drug-likeness (QED) is 0.884. The lowest BCUT2D eigenvalue weighted by molar-refractivity contribution is 0.0687. The number of fused-ring (bicyclic) bond motifs is 1. The molecule has 1 aliphatic heterocycles. The van der Waals surface area contributed by atoms with E-state index in [1.165, 1.54) is 25.3 Å². The summed E-state index contributed by atoms with van der Waals surface area (Å²) in [5, 5.41) is 10.1. The SMILES string of the molecule is CC(=O)c1cn2c(c1O)C(=O)N(Cc1ccc(F)cc1)CC2. The van der Waals surface area contributed by atoms with Gasteiger partial charge in [0, 0.05) is 25.8 Å². The molecule has 0 unspecified atom stereocenters. The van der Waals surface area contributed by atoms with Crippen molar-refractivity contribution < 1.29 is 19.1 Å². The number of carbonyl (C=O) groups is 2. The fourth-order valence-corrected chi connectivity index (χ4v) is 2.64. The van der Waals surface area contributed by atoms with Crippen molar-refractivity contribution in [1.29, 1.82) is 0 Å². The van der Waals surface area contributed by atoms with Crippen molar-refractivity contribution in [1.82, 2.24) is 9.47 Å². The zero-order valence-corrected chi connectivity index (χ0v) is 12.0. The normalized spacial score (nSPS) is 14.1. The van der Waals surface area contributed by atoms with E-state index in [2.05, 4.69) is 0 Å². The van der Waals surface area contributed by atoms with Gasteiger partial charge in [-0.05, 0) is 24.6 Å². The number of amides is 1. The number of hydrogen-bond donors (Lipinski definition) is 1. The van der Waals surface area contributed by atoms with E-state index in [4.69, 9.17) is 0 Å². The minimum absolute atomic E-state index is 0.138. The van der Waals surface area contributed by atoms with Crippen LogP contribution in [0.3, 0.4) is 0 Å². The van der Waals surface area contributed by atoms with Gasteiger partial charge in [-0.15, -0.1) is 0 Å². The third-order valence-corrected chi connectivity index (χ3v) is 3.82. The molecule has 6 heteroatoms. The molecule has 2 aromatic rings. The predicted octanol–water partition coefficient (Wildman–Crippen LogP) is 2.19. The van der Waals surface area contributed by atoms with E-state index in [1.54, 1.807) is 21.6 Å². The van der Waals surface area contributed by atoms with Crippen molar-refractivity contribution in [3.63, 3.8) is 0 Å². The summed E-state index contributed by atoms with van der Waals surface area (Å²) in [6.07, 6.45) is 1.51. The van der Waals surface area contributed by atoms with Crippen molar-refractivity contribution in [2.75, 3.05) is 6.54 Å². The Hall–Kier alpha value is -2.63. The van der Waals surface area contributed by atoms with Crippen molar-refractivity contribution in [2.24, 2.45) is 0 Å². The number of ketones is 1. The van der Waals surface area contributed by atoms with Gasteiger partial charge in [0.1, 0.15) is 11.5 Å². The summed E-state index contributed by atoms with van der Waals surface area (Å²) < 4.78 is 14.5. The molecule has 0 radical (unpaired) electrons. The van der Waals surface area contributed by atoms with Gasteiger partial charge in [0.2, 0.25) is 0 Å². The molecular formula is C16H15FN2O3. The molecule has 1 aromatic heterocycles. The van der Waals surface area contributed by atoms with Crippen LogP contribution < -0.4 is 0 Å². The van der Waals surface area contributed by atoms with E-state index in [1.807, 2.05) is 0 Å². The Labute approximate surface area is 126 Å². The van der Waals surface area contributed by atoms with Gasteiger partial charge in [-0.25, -0.2) is 4.39 Å². The lowest BCUT2D eigenvalue weighted by Crippen LogP contribution is -2.39. The number of halogens is 1. The molecule has 3 rings (SSSR count). The molecule has 1 amide bonds. The van der Waals surface area contributed by atoms with E-state index in [9.17, 15) is 19.1 Å². The van der Waals surface area contributed by atoms with Crippen LogP contribution in [0.25, 0.3) is 0 Å². The van der Waals surface area contributed by atoms with E-state index in [-0.39, 0.29) is 34.5 Å². The van der Waals surface area contributed by atoms with Crippen LogP contribution in [0.5, 0.6) is 5.75 Å². The molecule has 0 saturated carbocycles. The van der Waals surface area contributed by atoms with Crippen LogP contribution >= 0.6 is 0 Å². The molecule has 1 N–H and O–H groups in total. The maximum absolute atomic E-state index is 12.9. The Morgan fingerprint density at radius 3 is 2.59 bits per heavy atom. The summed E-state index contributed by atoms with van der Waals surface area (Å²) in [5.41, 5.74) is 1.10. The minimum atomic E-state index is -0.333. The number of rotatable bonds is 3. The molecule has 0 aliphatic carbocycles. The summed E-state index contributed by atoms with van der Waals surface area (Å²) in [4.78, 5) is 25.5. The second kappa shape index (κ2) is 5.29. The smallest absolute Gasteiger partial charge is 0.274 e. The Morgan fingerprint density at radius 1 is 1.27 bits per heavy atom. The van der Waals surface area contributed by atoms with Crippen LogP contribution in [-0.4, -0.2) is 32.8 Å². The molecule has 1 aliphatic rings. The third kappa shape index (κ3) is 2.36. The van der Waals surface area contributed by atoms with Crippen LogP contribution in [0, 0.1) is 5.82 Å². The van der Waals surface area contributed by atoms with E-state index >= 15 is 0 Å². The molecule has 1 aromatic carbocycles. The van der Waals surface area contributed by atoms with Gasteiger partial charge >= 0.3 is 0 Å². The third-order valence-electron chi connectivity index (χ3n) is 3.82. The Morgan fingerprint density at radius 2 is 1.95 bits per heavy atom. The fraction of sp³-hybridized carbons (Fsp3) is 0.250. The number of nitrogens with zero attached hydrogens (tertiary/aromatic N) is 2. The summed E-state index contributed by atoms with van der Waals surface area (Å²) in [7, 11) is 0. The van der Waals surface area contributed by atoms with Crippen molar-refractivity contribution in [3.05, 3.63) is 53.1 Å². The lowest BCUT2D eigenvalue weighted by Gasteiger charge is -2.28. The van der Waals surface area contributed by atoms with E-state index in [0.717, 1.165) is 5.56 Å². The number of aromatic hydroxyl groups is 1. The van der Waals surface area contributed by atoms with Crippen LogP contribution in [0.4, 0.5) is 4.39 Å². The lowest BCUT2D eigenvalue weighted by atomic mass is 10.1. The highest BCUT2D eigenvalue weighted by atomic mass is 19.1. The van der Waals surface area contributed by atoms with Crippen LogP contribution in [0.2, 0.25) is 0 Å². The standard InChI is InChI=1S/C16H15FN2O3/c1-10(20)13-9-18-6-7-19(16(22)14(18)15(13)21)8-11-2-4-12(17)5-3-11/h2-5,9,21H,6-8H2,1H3. The minimum Gasteiger partial charge on any atom is -0.505 e. The van der Waals surface area contributed by atoms with Crippen molar-refractivity contribution >= 4 is 11.7 Å². The maximum atomic E-state index is 12.9. The molecule has 114 valence electrons. The van der Waals surface area contributed by atoms with E-state index in [0.29, 0.717) is 19.6 Å². The molecule has 22 heavy (non-hydrogen) atoms. The predicted molar refractivity (Wildman–Crippen MR) is 77.2 cm³/mol. The number of benzene rings is 1. The summed E-state index contributed by atoms with van der Waals surface area (Å²) >= 11 is 0. The number of Topliss-reactive ketones (excluding diaryl/α,β-unsaturated/α-hetero) is 1. The van der Waals surface area contributed by atoms with Gasteiger partial charge in [-0.2, -0.15) is 0 Å². The van der Waals surface area contributed by atoms with Crippen LogP contribution in [-0.2, 0) is 13.1 Å². The first-order valence-electron chi connectivity index (χ1n) is 6.94. The van der Waals surface area contributed by atoms with Gasteiger partial charge < -0.3 is 14.6 Å². The molecule has 0 bridgehead atoms. The Bertz CT molecular complexity index is 749. The first kappa shape index (κ1) is 14.3. The topological polar surface area (TPSA) is 62.5 Å². The van der Waals surface area contributed by atoms with Gasteiger partial charge in [0.25, 0.3) is 5.91 Å². The highest BCUT2D eigenvalue weighted by Crippen LogP contribution is 2.29. The second-order valence-corrected chi connectivity index (χ2v) is 5.34. The summed E-state index contributed by atoms with van der Waals surface area (Å²) in [5.74, 6) is -1.20. The Balaban J connectivity index is 1.88. The first-order chi connectivity index (χ1) is 10.5. The molecule has 0 atom stereocenters. The number of aromatic nitrogens is 1. The van der Waals surface area contributed by atoms with E-state index < -0.39 is 0 Å². The van der Waals surface area contributed by atoms with Crippen molar-refractivity contribution in [3.8, 4) is 5.75 Å². The first-order valence-corrected chi connectivity index (χ1v) is 6.94. The van der Waals surface area contributed by atoms with Crippen LogP contribution in [0.15, 0.2) is 30.5 Å². The van der Waals surface area contributed by atoms with Gasteiger partial charge in [-0.3, -0.25) is 9.59 Å². The zero-order valence-electron chi connectivity index (χ0n) is 12.0. The molecule has 0 fully saturated rings. The highest BCUT2D eigenvalue weighted by Gasteiger charge is 2.30.